The van der Waals surface area contributed by atoms with Gasteiger partial charge in [0.2, 0.25) is 0 Å². The van der Waals surface area contributed by atoms with Crippen LogP contribution in [0.2, 0.25) is 0 Å². The first-order chi connectivity index (χ1) is 7.91. The third kappa shape index (κ3) is 13.8. The summed E-state index contributed by atoms with van der Waals surface area (Å²) in [5.74, 6) is 0. The third-order valence-electron chi connectivity index (χ3n) is 1.93. The van der Waals surface area contributed by atoms with E-state index in [9.17, 15) is 0 Å². The molecule has 0 aliphatic heterocycles. The minimum absolute atomic E-state index is 0.667. The van der Waals surface area contributed by atoms with Gasteiger partial charge in [0, 0.05) is 39.6 Å². The maximum atomic E-state index is 5.37. The summed E-state index contributed by atoms with van der Waals surface area (Å²) in [7, 11) is 0. The van der Waals surface area contributed by atoms with Crippen LogP contribution < -0.4 is 0 Å². The van der Waals surface area contributed by atoms with Gasteiger partial charge in [-0.05, 0) is 26.7 Å². The molecule has 0 saturated heterocycles. The first-order valence-electron chi connectivity index (χ1n) is 6.22. The molecule has 0 aliphatic rings. The first kappa shape index (κ1) is 15.8. The highest BCUT2D eigenvalue weighted by atomic mass is 16.5. The maximum Gasteiger partial charge on any atom is 0.0700 e. The number of hydrogen-bond acceptors (Lipinski definition) is 4. The highest BCUT2D eigenvalue weighted by Gasteiger charge is 1.91. The van der Waals surface area contributed by atoms with E-state index in [0.717, 1.165) is 52.5 Å². The van der Waals surface area contributed by atoms with Crippen LogP contribution in [0.4, 0.5) is 0 Å². The monoisotopic (exact) mass is 234 g/mol. The van der Waals surface area contributed by atoms with E-state index in [1.165, 1.54) is 0 Å². The SMILES string of the molecule is CCOCCCOCCOCCCOCC. The average Bonchev–Trinajstić information content (AvgIpc) is 2.31. The summed E-state index contributed by atoms with van der Waals surface area (Å²) >= 11 is 0. The zero-order valence-corrected chi connectivity index (χ0v) is 10.7. The molecule has 0 radical (unpaired) electrons. The molecule has 0 rings (SSSR count). The fraction of sp³-hybridized carbons (Fsp3) is 1.00. The van der Waals surface area contributed by atoms with Crippen molar-refractivity contribution in [3.63, 3.8) is 0 Å². The number of hydrogen-bond donors (Lipinski definition) is 0. The van der Waals surface area contributed by atoms with Crippen LogP contribution in [0.25, 0.3) is 0 Å². The first-order valence-corrected chi connectivity index (χ1v) is 6.22. The topological polar surface area (TPSA) is 36.9 Å². The fourth-order valence-corrected chi connectivity index (χ4v) is 1.14. The molecule has 0 aromatic heterocycles. The largest absolute Gasteiger partial charge is 0.382 e. The van der Waals surface area contributed by atoms with Gasteiger partial charge in [-0.3, -0.25) is 0 Å². The van der Waals surface area contributed by atoms with E-state index in [0.29, 0.717) is 13.2 Å². The van der Waals surface area contributed by atoms with Gasteiger partial charge in [-0.2, -0.15) is 0 Å². The molecular weight excluding hydrogens is 208 g/mol. The summed E-state index contributed by atoms with van der Waals surface area (Å²) < 4.78 is 21.1. The maximum absolute atomic E-state index is 5.37. The van der Waals surface area contributed by atoms with Gasteiger partial charge in [-0.25, -0.2) is 0 Å². The van der Waals surface area contributed by atoms with E-state index in [2.05, 4.69) is 0 Å². The molecular formula is C12H26O4. The zero-order valence-electron chi connectivity index (χ0n) is 10.7. The molecule has 0 heterocycles. The van der Waals surface area contributed by atoms with Gasteiger partial charge in [-0.1, -0.05) is 0 Å². The molecule has 0 aliphatic carbocycles. The van der Waals surface area contributed by atoms with E-state index >= 15 is 0 Å². The molecule has 0 atom stereocenters. The summed E-state index contributed by atoms with van der Waals surface area (Å²) in [4.78, 5) is 0. The lowest BCUT2D eigenvalue weighted by Crippen LogP contribution is -2.08. The lowest BCUT2D eigenvalue weighted by atomic mass is 10.5. The molecule has 0 bridgehead atoms. The van der Waals surface area contributed by atoms with Crippen LogP contribution in [-0.4, -0.2) is 52.9 Å². The summed E-state index contributed by atoms with van der Waals surface area (Å²) in [5, 5.41) is 0. The van der Waals surface area contributed by atoms with Gasteiger partial charge in [0.15, 0.2) is 0 Å². The van der Waals surface area contributed by atoms with Gasteiger partial charge in [0.1, 0.15) is 0 Å². The van der Waals surface area contributed by atoms with Crippen molar-refractivity contribution >= 4 is 0 Å². The Kier molecular flexibility index (Phi) is 14.7. The Balaban J connectivity index is 2.83. The second-order valence-electron chi connectivity index (χ2n) is 3.33. The fourth-order valence-electron chi connectivity index (χ4n) is 1.14. The highest BCUT2D eigenvalue weighted by molar-refractivity contribution is 4.37. The van der Waals surface area contributed by atoms with Crippen molar-refractivity contribution in [1.29, 1.82) is 0 Å². The second-order valence-corrected chi connectivity index (χ2v) is 3.33. The molecule has 0 N–H and O–H groups in total. The quantitative estimate of drug-likeness (QED) is 0.456. The van der Waals surface area contributed by atoms with Crippen molar-refractivity contribution in [1.82, 2.24) is 0 Å². The lowest BCUT2D eigenvalue weighted by Gasteiger charge is -2.06. The predicted octanol–water partition coefficient (Wildman–Crippen LogP) is 1.87. The van der Waals surface area contributed by atoms with E-state index in [1.807, 2.05) is 13.8 Å². The van der Waals surface area contributed by atoms with E-state index in [4.69, 9.17) is 18.9 Å². The Morgan fingerprint density at radius 3 is 1.25 bits per heavy atom. The molecule has 0 aromatic carbocycles. The van der Waals surface area contributed by atoms with Crippen molar-refractivity contribution in [3.05, 3.63) is 0 Å². The van der Waals surface area contributed by atoms with Gasteiger partial charge < -0.3 is 18.9 Å². The molecule has 0 fully saturated rings. The van der Waals surface area contributed by atoms with Crippen LogP contribution in [0, 0.1) is 0 Å². The second kappa shape index (κ2) is 14.8. The molecule has 4 heteroatoms. The van der Waals surface area contributed by atoms with Gasteiger partial charge in [-0.15, -0.1) is 0 Å². The average molecular weight is 234 g/mol. The summed E-state index contributed by atoms with van der Waals surface area (Å²) in [6, 6.07) is 0. The van der Waals surface area contributed by atoms with E-state index in [-0.39, 0.29) is 0 Å². The van der Waals surface area contributed by atoms with Crippen LogP contribution in [-0.2, 0) is 18.9 Å². The summed E-state index contributed by atoms with van der Waals surface area (Å²) in [6.45, 7) is 9.96. The van der Waals surface area contributed by atoms with Crippen LogP contribution >= 0.6 is 0 Å². The van der Waals surface area contributed by atoms with Crippen molar-refractivity contribution in [2.75, 3.05) is 52.9 Å². The molecule has 16 heavy (non-hydrogen) atoms. The zero-order chi connectivity index (χ0) is 11.9. The van der Waals surface area contributed by atoms with Gasteiger partial charge >= 0.3 is 0 Å². The molecule has 0 spiro atoms. The molecule has 0 aromatic rings. The minimum atomic E-state index is 0.667. The Morgan fingerprint density at radius 1 is 0.500 bits per heavy atom. The molecule has 0 unspecified atom stereocenters. The smallest absolute Gasteiger partial charge is 0.0700 e. The molecule has 98 valence electrons. The Hall–Kier alpha value is -0.160. The van der Waals surface area contributed by atoms with Crippen molar-refractivity contribution in [3.8, 4) is 0 Å². The molecule has 0 amide bonds. The highest BCUT2D eigenvalue weighted by Crippen LogP contribution is 1.88. The van der Waals surface area contributed by atoms with Crippen molar-refractivity contribution in [2.45, 2.75) is 26.7 Å². The van der Waals surface area contributed by atoms with Crippen LogP contribution in [0.3, 0.4) is 0 Å². The lowest BCUT2D eigenvalue weighted by molar-refractivity contribution is 0.0287. The van der Waals surface area contributed by atoms with Gasteiger partial charge in [0.05, 0.1) is 13.2 Å². The van der Waals surface area contributed by atoms with Gasteiger partial charge in [0.25, 0.3) is 0 Å². The van der Waals surface area contributed by atoms with Crippen LogP contribution in [0.5, 0.6) is 0 Å². The minimum Gasteiger partial charge on any atom is -0.382 e. The predicted molar refractivity (Wildman–Crippen MR) is 63.9 cm³/mol. The Bertz CT molecular complexity index is 106. The van der Waals surface area contributed by atoms with Crippen LogP contribution in [0.15, 0.2) is 0 Å². The number of ether oxygens (including phenoxy) is 4. The van der Waals surface area contributed by atoms with E-state index < -0.39 is 0 Å². The number of rotatable bonds is 13. The summed E-state index contributed by atoms with van der Waals surface area (Å²) in [6.07, 6.45) is 1.91. The van der Waals surface area contributed by atoms with E-state index in [1.54, 1.807) is 0 Å². The Morgan fingerprint density at radius 2 is 0.875 bits per heavy atom. The van der Waals surface area contributed by atoms with Crippen molar-refractivity contribution in [2.24, 2.45) is 0 Å². The van der Waals surface area contributed by atoms with Crippen LogP contribution in [0.1, 0.15) is 26.7 Å². The third-order valence-corrected chi connectivity index (χ3v) is 1.93. The molecule has 0 saturated carbocycles. The summed E-state index contributed by atoms with van der Waals surface area (Å²) in [5.41, 5.74) is 0. The van der Waals surface area contributed by atoms with Crippen molar-refractivity contribution < 1.29 is 18.9 Å². The normalized spacial score (nSPS) is 10.9. The molecule has 4 nitrogen and oxygen atoms in total. The Labute approximate surface area is 99.2 Å². The standard InChI is InChI=1S/C12H26O4/c1-3-13-7-5-9-15-11-12-16-10-6-8-14-4-2/h3-12H2,1-2H3.